The molecular weight excluding hydrogens is 764 g/mol. The van der Waals surface area contributed by atoms with Gasteiger partial charge in [0, 0.05) is 30.0 Å². The van der Waals surface area contributed by atoms with Crippen LogP contribution in [0.5, 0.6) is 0 Å². The van der Waals surface area contributed by atoms with Gasteiger partial charge in [-0.3, -0.25) is 14.4 Å². The number of para-hydroxylation sites is 3. The molecule has 2 unspecified atom stereocenters. The zero-order chi connectivity index (χ0) is 39.6. The Kier molecular flexibility index (Phi) is 11.6. The molecule has 2 N–H and O–H groups in total. The van der Waals surface area contributed by atoms with Crippen LogP contribution < -0.4 is 5.32 Å². The van der Waals surface area contributed by atoms with Crippen LogP contribution in [-0.4, -0.2) is 73.7 Å². The van der Waals surface area contributed by atoms with Crippen molar-refractivity contribution in [3.63, 3.8) is 0 Å². The number of H-pyrrole nitrogens is 1. The highest BCUT2D eigenvalue weighted by molar-refractivity contribution is 6.42. The summed E-state index contributed by atoms with van der Waals surface area (Å²) in [4.78, 5) is 55.0. The number of carbonyl (C=O) groups is 3. The van der Waals surface area contributed by atoms with Gasteiger partial charge in [0.15, 0.2) is 11.6 Å². The number of nitrogens with zero attached hydrogens (tertiary/aromatic N) is 4. The zero-order valence-corrected chi connectivity index (χ0v) is 32.0. The quantitative estimate of drug-likeness (QED) is 0.113. The predicted octanol–water partition coefficient (Wildman–Crippen LogP) is 9.29. The summed E-state index contributed by atoms with van der Waals surface area (Å²) in [5, 5.41) is 3.99. The van der Waals surface area contributed by atoms with Crippen molar-refractivity contribution in [3.8, 4) is 0 Å². The molecule has 1 saturated heterocycles. The Morgan fingerprint density at radius 2 is 1.64 bits per heavy atom. The maximum absolute atomic E-state index is 13.9. The molecule has 4 aromatic carbocycles. The van der Waals surface area contributed by atoms with Gasteiger partial charge < -0.3 is 19.8 Å². The van der Waals surface area contributed by atoms with Crippen molar-refractivity contribution in [2.24, 2.45) is 5.92 Å². The standard InChI is InChI=1S/C42H39Cl2F3N6O3/c1-2-29(21-28(27-15-16-31(43)32(44)22-27)23-48-41(56)26-9-4-3-5-10-26)52-19-17-25(18-20-52)37(54)39-49-34-13-8-11-30(36(34)51-39)38(55)40-50-33-12-6-7-14-35(33)53(40)24-42(45,46)47/h3-16,22,25,28-29H,2,17-21,23-24H2,1H3,(H,48,56)(H,49,51). The number of benzene rings is 4. The number of ketones is 2. The molecule has 1 amide bonds. The van der Waals surface area contributed by atoms with Crippen molar-refractivity contribution in [2.75, 3.05) is 19.6 Å². The van der Waals surface area contributed by atoms with Crippen LogP contribution in [0.25, 0.3) is 22.1 Å². The van der Waals surface area contributed by atoms with Crippen molar-refractivity contribution in [1.82, 2.24) is 29.7 Å². The third-order valence-corrected chi connectivity index (χ3v) is 11.3. The average Bonchev–Trinajstić information content (AvgIpc) is 3.80. The number of likely N-dealkylation sites (tertiary alicyclic amines) is 1. The number of aromatic nitrogens is 4. The lowest BCUT2D eigenvalue weighted by Gasteiger charge is -2.38. The fourth-order valence-corrected chi connectivity index (χ4v) is 7.98. The van der Waals surface area contributed by atoms with Crippen molar-refractivity contribution < 1.29 is 27.6 Å². The largest absolute Gasteiger partial charge is 0.406 e. The van der Waals surface area contributed by atoms with E-state index in [1.807, 2.05) is 30.3 Å². The van der Waals surface area contributed by atoms with Crippen LogP contribution in [0.3, 0.4) is 0 Å². The van der Waals surface area contributed by atoms with Gasteiger partial charge in [-0.1, -0.05) is 72.6 Å². The smallest absolute Gasteiger partial charge is 0.351 e. The van der Waals surface area contributed by atoms with Gasteiger partial charge in [0.05, 0.1) is 32.2 Å². The summed E-state index contributed by atoms with van der Waals surface area (Å²) in [5.41, 5.74) is 2.67. The Morgan fingerprint density at radius 1 is 0.911 bits per heavy atom. The molecule has 1 fully saturated rings. The van der Waals surface area contributed by atoms with Gasteiger partial charge >= 0.3 is 6.18 Å². The maximum atomic E-state index is 13.9. The molecule has 0 saturated carbocycles. The van der Waals surface area contributed by atoms with E-state index in [9.17, 15) is 27.6 Å². The molecule has 290 valence electrons. The number of hydrogen-bond acceptors (Lipinski definition) is 6. The summed E-state index contributed by atoms with van der Waals surface area (Å²) in [6.07, 6.45) is -1.83. The number of piperidine rings is 1. The zero-order valence-electron chi connectivity index (χ0n) is 30.5. The highest BCUT2D eigenvalue weighted by Crippen LogP contribution is 2.33. The van der Waals surface area contributed by atoms with Crippen LogP contribution in [0.2, 0.25) is 10.0 Å². The van der Waals surface area contributed by atoms with Gasteiger partial charge in [-0.25, -0.2) is 9.97 Å². The Morgan fingerprint density at radius 3 is 2.36 bits per heavy atom. The Balaban J connectivity index is 1.05. The second-order valence-electron chi connectivity index (χ2n) is 14.2. The molecule has 0 aliphatic carbocycles. The molecule has 14 heteroatoms. The van der Waals surface area contributed by atoms with E-state index >= 15 is 0 Å². The summed E-state index contributed by atoms with van der Waals surface area (Å²) in [5.74, 6) is -1.71. The second kappa shape index (κ2) is 16.6. The van der Waals surface area contributed by atoms with E-state index in [0.29, 0.717) is 53.6 Å². The first-order valence-electron chi connectivity index (χ1n) is 18.5. The third-order valence-electron chi connectivity index (χ3n) is 10.6. The van der Waals surface area contributed by atoms with Crippen LogP contribution in [-0.2, 0) is 6.54 Å². The van der Waals surface area contributed by atoms with Crippen molar-refractivity contribution in [3.05, 3.63) is 129 Å². The molecule has 2 aromatic heterocycles. The number of aromatic amines is 1. The molecule has 0 radical (unpaired) electrons. The van der Waals surface area contributed by atoms with E-state index in [-0.39, 0.29) is 63.3 Å². The van der Waals surface area contributed by atoms with Gasteiger partial charge in [0.1, 0.15) is 12.1 Å². The minimum absolute atomic E-state index is 0.0497. The summed E-state index contributed by atoms with van der Waals surface area (Å²) in [6.45, 7) is 2.47. The van der Waals surface area contributed by atoms with Gasteiger partial charge in [-0.05, 0) is 92.9 Å². The number of fused-ring (bicyclic) bond motifs is 2. The van der Waals surface area contributed by atoms with Gasteiger partial charge in [-0.2, -0.15) is 13.2 Å². The lowest BCUT2D eigenvalue weighted by molar-refractivity contribution is -0.140. The molecule has 2 atom stereocenters. The predicted molar refractivity (Wildman–Crippen MR) is 211 cm³/mol. The van der Waals surface area contributed by atoms with Crippen molar-refractivity contribution in [2.45, 2.75) is 57.3 Å². The highest BCUT2D eigenvalue weighted by atomic mass is 35.5. The first kappa shape index (κ1) is 39.2. The van der Waals surface area contributed by atoms with Crippen LogP contribution in [0.4, 0.5) is 13.2 Å². The molecule has 1 aliphatic rings. The number of halogens is 5. The summed E-state index contributed by atoms with van der Waals surface area (Å²) in [6, 6.07) is 25.8. The van der Waals surface area contributed by atoms with E-state index in [1.165, 1.54) is 12.1 Å². The molecule has 56 heavy (non-hydrogen) atoms. The number of hydrogen-bond donors (Lipinski definition) is 2. The van der Waals surface area contributed by atoms with E-state index in [1.54, 1.807) is 48.5 Å². The van der Waals surface area contributed by atoms with Crippen LogP contribution in [0.1, 0.15) is 81.2 Å². The van der Waals surface area contributed by atoms with Crippen molar-refractivity contribution in [1.29, 1.82) is 0 Å². The molecule has 6 aromatic rings. The molecule has 1 aliphatic heterocycles. The number of alkyl halides is 3. The van der Waals surface area contributed by atoms with E-state index in [0.717, 1.165) is 23.0 Å². The summed E-state index contributed by atoms with van der Waals surface area (Å²) < 4.78 is 41.8. The molecule has 7 rings (SSSR count). The number of imidazole rings is 2. The Hall–Kier alpha value is -5.04. The van der Waals surface area contributed by atoms with Crippen molar-refractivity contribution >= 4 is 62.7 Å². The van der Waals surface area contributed by atoms with Gasteiger partial charge in [0.25, 0.3) is 5.91 Å². The molecule has 3 heterocycles. The van der Waals surface area contributed by atoms with E-state index in [4.69, 9.17) is 23.2 Å². The van der Waals surface area contributed by atoms with Crippen LogP contribution in [0, 0.1) is 5.92 Å². The number of carbonyl (C=O) groups excluding carboxylic acids is 3. The molecule has 0 bridgehead atoms. The number of nitrogens with one attached hydrogen (secondary N) is 2. The topological polar surface area (TPSA) is 113 Å². The lowest BCUT2D eigenvalue weighted by Crippen LogP contribution is -2.44. The highest BCUT2D eigenvalue weighted by Gasteiger charge is 2.34. The van der Waals surface area contributed by atoms with Gasteiger partial charge in [0.2, 0.25) is 11.6 Å². The van der Waals surface area contributed by atoms with Crippen LogP contribution in [0.15, 0.2) is 91.0 Å². The fourth-order valence-electron chi connectivity index (χ4n) is 7.67. The number of rotatable bonds is 13. The van der Waals surface area contributed by atoms with Gasteiger partial charge in [-0.15, -0.1) is 0 Å². The van der Waals surface area contributed by atoms with E-state index < -0.39 is 18.5 Å². The average molecular weight is 804 g/mol. The number of amides is 1. The fraction of sp³-hybridized carbons (Fsp3) is 0.310. The monoisotopic (exact) mass is 802 g/mol. The lowest BCUT2D eigenvalue weighted by atomic mass is 9.87. The molecule has 0 spiro atoms. The Labute approximate surface area is 331 Å². The number of Topliss-reactive ketones (excluding diaryl/α,β-unsaturated/α-hetero) is 1. The van der Waals surface area contributed by atoms with Crippen LogP contribution >= 0.6 is 23.2 Å². The summed E-state index contributed by atoms with van der Waals surface area (Å²) in [7, 11) is 0. The minimum Gasteiger partial charge on any atom is -0.351 e. The van der Waals surface area contributed by atoms with E-state index in [2.05, 4.69) is 32.1 Å². The first-order chi connectivity index (χ1) is 26.9. The maximum Gasteiger partial charge on any atom is 0.406 e. The minimum atomic E-state index is -4.59. The first-order valence-corrected chi connectivity index (χ1v) is 19.3. The normalized spacial score (nSPS) is 15.2. The summed E-state index contributed by atoms with van der Waals surface area (Å²) >= 11 is 12.7. The Bertz CT molecular complexity index is 2390. The third kappa shape index (κ3) is 8.52. The SMILES string of the molecule is CCC(CC(CNC(=O)c1ccccc1)c1ccc(Cl)c(Cl)c1)N1CCC(C(=O)c2nc3c(C(=O)c4nc5ccccc5n4CC(F)(F)F)cccc3[nH]2)CC1. The molecular formula is C42H39Cl2F3N6O3. The second-order valence-corrected chi connectivity index (χ2v) is 15.0. The molecule has 9 nitrogen and oxygen atoms in total.